The zero-order chi connectivity index (χ0) is 74.0. The summed E-state index contributed by atoms with van der Waals surface area (Å²) in [4.78, 5) is 199. The lowest BCUT2D eigenvalue weighted by Crippen LogP contribution is -2.56. The summed E-state index contributed by atoms with van der Waals surface area (Å²) >= 11 is 0. The van der Waals surface area contributed by atoms with Crippen molar-refractivity contribution in [3.8, 4) is 11.1 Å². The molecule has 6 aromatic rings. The van der Waals surface area contributed by atoms with Crippen LogP contribution in [-0.4, -0.2) is 179 Å². The zero-order valence-electron chi connectivity index (χ0n) is 58.2. The van der Waals surface area contributed by atoms with Crippen molar-refractivity contribution >= 4 is 104 Å². The van der Waals surface area contributed by atoms with Crippen LogP contribution < -0.4 is 43.8 Å². The number of ether oxygens (including phenoxy) is 1. The highest BCUT2D eigenvalue weighted by atomic mass is 16.5. The van der Waals surface area contributed by atoms with Crippen molar-refractivity contribution in [1.29, 1.82) is 0 Å². The van der Waals surface area contributed by atoms with Crippen molar-refractivity contribution in [3.05, 3.63) is 153 Å². The lowest BCUT2D eigenvalue weighted by molar-refractivity contribution is -0.133. The third-order valence-electron chi connectivity index (χ3n) is 20.1. The van der Waals surface area contributed by atoms with E-state index in [0.717, 1.165) is 44.9 Å². The lowest BCUT2D eigenvalue weighted by Gasteiger charge is -2.32. The molecule has 544 valence electrons. The summed E-state index contributed by atoms with van der Waals surface area (Å²) in [6.45, 7) is 3.77. The SMILES string of the molecule is CCCCN1C(=O)c2ccc3c4c(ccc(c24)C1=O)C(=O)N(CCCCC(NC(=O)C(CCCCN)NC(=O)CNC(=O)C(CCCCN1C(=O)c2ccc4c5c(ccc(c25)C1=O)C(=O)N(CCCC)C4=O)NC(=O)C(CCCCN)NC(=O)OCC1c2ccccc2-c2ccccc21)C(N)=O)C3=O. The van der Waals surface area contributed by atoms with Crippen molar-refractivity contribution in [3.63, 3.8) is 0 Å². The number of carbonyl (C=O) groups excluding carboxylic acids is 14. The first-order valence-electron chi connectivity index (χ1n) is 35.9. The molecule has 11 rings (SSSR count). The Labute approximate surface area is 600 Å². The van der Waals surface area contributed by atoms with Crippen LogP contribution in [0.5, 0.6) is 0 Å². The van der Waals surface area contributed by atoms with Crippen molar-refractivity contribution in [1.82, 2.24) is 46.2 Å². The number of hydrogen-bond acceptors (Lipinski definition) is 17. The van der Waals surface area contributed by atoms with Gasteiger partial charge >= 0.3 is 6.09 Å². The fourth-order valence-electron chi connectivity index (χ4n) is 14.6. The molecule has 0 spiro atoms. The molecule has 27 nitrogen and oxygen atoms in total. The first-order valence-corrected chi connectivity index (χ1v) is 35.9. The second-order valence-corrected chi connectivity index (χ2v) is 26.8. The molecule has 0 aromatic heterocycles. The molecular formula is C77H86N12O15. The molecule has 1 aliphatic carbocycles. The summed E-state index contributed by atoms with van der Waals surface area (Å²) in [5, 5.41) is 14.2. The molecular weight excluding hydrogens is 1330 g/mol. The Morgan fingerprint density at radius 2 is 0.702 bits per heavy atom. The Balaban J connectivity index is 0.739. The zero-order valence-corrected chi connectivity index (χ0v) is 58.2. The number of nitrogens with zero attached hydrogens (tertiary/aromatic N) is 4. The Morgan fingerprint density at radius 3 is 1.06 bits per heavy atom. The molecule has 11 N–H and O–H groups in total. The molecule has 0 bridgehead atoms. The van der Waals surface area contributed by atoms with E-state index >= 15 is 0 Å². The number of primary amides is 1. The number of imide groups is 4. The van der Waals surface area contributed by atoms with Crippen LogP contribution in [0.2, 0.25) is 0 Å². The molecule has 4 unspecified atom stereocenters. The number of nitrogens with two attached hydrogens (primary N) is 3. The smallest absolute Gasteiger partial charge is 0.407 e. The number of hydrogen-bond donors (Lipinski definition) is 8. The summed E-state index contributed by atoms with van der Waals surface area (Å²) in [5.41, 5.74) is 22.8. The van der Waals surface area contributed by atoms with E-state index in [9.17, 15) is 67.1 Å². The van der Waals surface area contributed by atoms with E-state index in [1.165, 1.54) is 58.3 Å². The van der Waals surface area contributed by atoms with Crippen LogP contribution in [0, 0.1) is 0 Å². The number of nitrogens with one attached hydrogen (secondary N) is 5. The van der Waals surface area contributed by atoms with E-state index in [2.05, 4.69) is 26.6 Å². The first-order chi connectivity index (χ1) is 50.2. The van der Waals surface area contributed by atoms with Crippen LogP contribution in [0.25, 0.3) is 32.7 Å². The fourth-order valence-corrected chi connectivity index (χ4v) is 14.6. The van der Waals surface area contributed by atoms with E-state index < -0.39 is 114 Å². The van der Waals surface area contributed by atoms with Gasteiger partial charge < -0.3 is 48.5 Å². The predicted octanol–water partition coefficient (Wildman–Crippen LogP) is 6.24. The minimum atomic E-state index is -1.41. The maximum atomic E-state index is 14.5. The second-order valence-electron chi connectivity index (χ2n) is 26.8. The normalized spacial score (nSPS) is 15.4. The minimum absolute atomic E-state index is 0.0347. The van der Waals surface area contributed by atoms with Crippen molar-refractivity contribution < 1.29 is 71.9 Å². The van der Waals surface area contributed by atoms with E-state index in [4.69, 9.17) is 21.9 Å². The quantitative estimate of drug-likeness (QED) is 0.0159. The van der Waals surface area contributed by atoms with Gasteiger partial charge in [-0.15, -0.1) is 0 Å². The molecule has 0 fully saturated rings. The average Bonchev–Trinajstić information content (AvgIpc) is 1.000. The Bertz CT molecular complexity index is 4310. The van der Waals surface area contributed by atoms with Gasteiger partial charge in [0.1, 0.15) is 30.8 Å². The molecule has 0 saturated carbocycles. The van der Waals surface area contributed by atoms with Gasteiger partial charge in [0.25, 0.3) is 47.3 Å². The lowest BCUT2D eigenvalue weighted by atomic mass is 9.86. The number of amides is 14. The van der Waals surface area contributed by atoms with E-state index in [0.29, 0.717) is 38.5 Å². The van der Waals surface area contributed by atoms with Crippen LogP contribution in [0.4, 0.5) is 4.79 Å². The summed E-state index contributed by atoms with van der Waals surface area (Å²) < 4.78 is 5.82. The number of alkyl carbamates (subject to hydrolysis) is 1. The largest absolute Gasteiger partial charge is 0.449 e. The minimum Gasteiger partial charge on any atom is -0.449 e. The Kier molecular flexibility index (Phi) is 23.5. The van der Waals surface area contributed by atoms with Gasteiger partial charge in [-0.1, -0.05) is 75.2 Å². The Morgan fingerprint density at radius 1 is 0.385 bits per heavy atom. The van der Waals surface area contributed by atoms with Gasteiger partial charge in [0.2, 0.25) is 29.5 Å². The molecule has 14 amide bonds. The average molecular weight is 1420 g/mol. The van der Waals surface area contributed by atoms with Crippen LogP contribution in [0.15, 0.2) is 97.1 Å². The number of rotatable bonds is 36. The summed E-state index contributed by atoms with van der Waals surface area (Å²) in [7, 11) is 0. The third-order valence-corrected chi connectivity index (χ3v) is 20.1. The second kappa shape index (κ2) is 32.9. The van der Waals surface area contributed by atoms with Gasteiger partial charge in [-0.2, -0.15) is 0 Å². The first kappa shape index (κ1) is 74.1. The van der Waals surface area contributed by atoms with Gasteiger partial charge in [-0.3, -0.25) is 81.9 Å². The molecule has 0 saturated heterocycles. The number of benzene rings is 6. The summed E-state index contributed by atoms with van der Waals surface area (Å²) in [6, 6.07) is 22.2. The van der Waals surface area contributed by atoms with Gasteiger partial charge in [-0.05, 0) is 174 Å². The molecule has 4 aliphatic heterocycles. The summed E-state index contributed by atoms with van der Waals surface area (Å²) in [6.07, 6.45) is 3.88. The molecule has 5 aliphatic rings. The van der Waals surface area contributed by atoms with Crippen LogP contribution in [0.3, 0.4) is 0 Å². The van der Waals surface area contributed by atoms with E-state index in [1.807, 2.05) is 62.4 Å². The highest BCUT2D eigenvalue weighted by Gasteiger charge is 2.43. The molecule has 6 aromatic carbocycles. The Hall–Kier alpha value is -11.1. The molecule has 4 heterocycles. The van der Waals surface area contributed by atoms with Crippen LogP contribution >= 0.6 is 0 Å². The highest BCUT2D eigenvalue weighted by molar-refractivity contribution is 6.35. The van der Waals surface area contributed by atoms with Gasteiger partial charge in [-0.25, -0.2) is 4.79 Å². The number of carbonyl (C=O) groups is 14. The molecule has 104 heavy (non-hydrogen) atoms. The number of fused-ring (bicyclic) bond motifs is 3. The van der Waals surface area contributed by atoms with Gasteiger partial charge in [0, 0.05) is 98.1 Å². The third kappa shape index (κ3) is 15.1. The summed E-state index contributed by atoms with van der Waals surface area (Å²) in [5.74, 6) is -9.14. The van der Waals surface area contributed by atoms with Crippen LogP contribution in [-0.2, 0) is 28.7 Å². The van der Waals surface area contributed by atoms with E-state index in [1.54, 1.807) is 0 Å². The van der Waals surface area contributed by atoms with Crippen molar-refractivity contribution in [2.75, 3.05) is 52.4 Å². The highest BCUT2D eigenvalue weighted by Crippen LogP contribution is 2.45. The molecule has 27 heteroatoms. The molecule has 0 radical (unpaired) electrons. The van der Waals surface area contributed by atoms with E-state index in [-0.39, 0.29) is 169 Å². The standard InChI is InChI=1S/C77H86N12O15/c1-3-5-37-86-69(95)47-27-31-51-63-52(32-28-48(61(47)63)70(86)96)74(100)88(73(51)99)39-17-13-23-56(65(80)91)83-67(93)58(24-11-15-35-78)82-60(90)41-81-66(92)57(84-68(94)59(25-12-16-36-79)85-77(103)104-42-55-45-21-9-7-19-43(45)44-20-8-10-22-46(44)55)26-14-18-40-89-75(101)53-33-29-49-62-50(30-34-54(64(53)62)76(89)102)72(98)87(71(49)97)38-6-4-2/h7-10,19-22,27-34,55-59H,3-6,11-18,23-26,35-42,78-79H2,1-2H3,(H2,80,91)(H,81,92)(H,82,90)(H,83,93)(H,84,94)(H,85,103). The van der Waals surface area contributed by atoms with Gasteiger partial charge in [0.15, 0.2) is 0 Å². The number of unbranched alkanes of at least 4 members (excludes halogenated alkanes) is 6. The monoisotopic (exact) mass is 1420 g/mol. The molecule has 4 atom stereocenters. The fraction of sp³-hybridized carbons (Fsp3) is 0.403. The topological polar surface area (TPSA) is 399 Å². The van der Waals surface area contributed by atoms with Crippen LogP contribution in [0.1, 0.15) is 216 Å². The predicted molar refractivity (Wildman–Crippen MR) is 383 cm³/mol. The maximum absolute atomic E-state index is 14.5. The van der Waals surface area contributed by atoms with Crippen molar-refractivity contribution in [2.45, 2.75) is 147 Å². The van der Waals surface area contributed by atoms with Gasteiger partial charge in [0.05, 0.1) is 6.54 Å². The maximum Gasteiger partial charge on any atom is 0.407 e. The van der Waals surface area contributed by atoms with Crippen molar-refractivity contribution in [2.24, 2.45) is 17.2 Å².